The molecule has 1 aromatic heterocycles. The third-order valence-corrected chi connectivity index (χ3v) is 4.63. The molecule has 1 aromatic rings. The molecule has 2 rings (SSSR count). The zero-order valence-electron chi connectivity index (χ0n) is 12.2. The van der Waals surface area contributed by atoms with Crippen LogP contribution in [0.3, 0.4) is 0 Å². The van der Waals surface area contributed by atoms with Crippen molar-refractivity contribution in [1.82, 2.24) is 14.6 Å². The van der Waals surface area contributed by atoms with Gasteiger partial charge < -0.3 is 15.9 Å². The fourth-order valence-electron chi connectivity index (χ4n) is 2.03. The second-order valence-electron chi connectivity index (χ2n) is 4.48. The summed E-state index contributed by atoms with van der Waals surface area (Å²) in [5.41, 5.74) is 5.38. The number of hydrogen-bond donors (Lipinski definition) is 3. The summed E-state index contributed by atoms with van der Waals surface area (Å²) in [6.45, 7) is 3.38. The third kappa shape index (κ3) is 4.37. The quantitative estimate of drug-likeness (QED) is 0.125. The predicted octanol–water partition coefficient (Wildman–Crippen LogP) is -1.89. The van der Waals surface area contributed by atoms with Gasteiger partial charge >= 0.3 is 39.9 Å². The van der Waals surface area contributed by atoms with E-state index in [1.54, 1.807) is 0 Å². The Kier molecular flexibility index (Phi) is 7.10. The van der Waals surface area contributed by atoms with Crippen molar-refractivity contribution in [3.8, 4) is 0 Å². The van der Waals surface area contributed by atoms with Gasteiger partial charge in [0.05, 0.1) is 6.04 Å². The van der Waals surface area contributed by atoms with Crippen molar-refractivity contribution in [2.24, 2.45) is 5.16 Å². The Morgan fingerprint density at radius 2 is 2.28 bits per heavy atom. The summed E-state index contributed by atoms with van der Waals surface area (Å²) in [6.07, 6.45) is 1.11. The van der Waals surface area contributed by atoms with Crippen LogP contribution in [-0.4, -0.2) is 88.5 Å². The molecule has 14 heteroatoms. The number of β-lactam (4-membered cyclic amide) rings is 1. The number of anilines is 1. The molecular formula is C11H14N5NaO6S2. The summed E-state index contributed by atoms with van der Waals surface area (Å²) in [6, 6.07) is -2.35. The van der Waals surface area contributed by atoms with E-state index in [0.717, 1.165) is 17.4 Å². The van der Waals surface area contributed by atoms with Crippen LogP contribution in [0.2, 0.25) is 0 Å². The Hall–Kier alpha value is -1.51. The average molecular weight is 399 g/mol. The number of aromatic nitrogens is 1. The number of nitrogen functional groups attached to an aromatic ring is 1. The van der Waals surface area contributed by atoms with Crippen LogP contribution in [0.15, 0.2) is 23.2 Å². The molecule has 0 saturated carbocycles. The molecule has 25 heavy (non-hydrogen) atoms. The van der Waals surface area contributed by atoms with E-state index >= 15 is 0 Å². The van der Waals surface area contributed by atoms with Crippen molar-refractivity contribution in [3.63, 3.8) is 0 Å². The maximum absolute atomic E-state index is 12.3. The molecule has 2 amide bonds. The van der Waals surface area contributed by atoms with Gasteiger partial charge in [0.25, 0.3) is 11.8 Å². The number of nitrogens with zero attached hydrogens (tertiary/aromatic N) is 3. The summed E-state index contributed by atoms with van der Waals surface area (Å²) in [7, 11) is -3.53. The van der Waals surface area contributed by atoms with Gasteiger partial charge in [-0.1, -0.05) is 11.2 Å². The second-order valence-corrected chi connectivity index (χ2v) is 6.66. The normalized spacial score (nSPS) is 20.3. The summed E-state index contributed by atoms with van der Waals surface area (Å²) < 4.78 is 31.4. The molecule has 1 fully saturated rings. The average Bonchev–Trinajstić information content (AvgIpc) is 2.91. The van der Waals surface area contributed by atoms with Crippen LogP contribution in [0.5, 0.6) is 0 Å². The Balaban J connectivity index is 0.00000312. The molecule has 132 valence electrons. The number of amides is 2. The van der Waals surface area contributed by atoms with Gasteiger partial charge in [0.1, 0.15) is 18.8 Å². The maximum atomic E-state index is 12.3. The number of nitrogens with two attached hydrogens (primary N) is 1. The fraction of sp³-hybridized carbons (Fsp3) is 0.273. The van der Waals surface area contributed by atoms with Gasteiger partial charge in [-0.3, -0.25) is 14.1 Å². The van der Waals surface area contributed by atoms with Gasteiger partial charge in [0.15, 0.2) is 10.8 Å². The SMILES string of the molecule is C=C[C@@H]1[C@H](NC(=O)C(=NOC)c2csc(N)n2)C(=O)N1S(=O)(=O)O.[NaH]. The van der Waals surface area contributed by atoms with Crippen molar-refractivity contribution in [3.05, 3.63) is 23.7 Å². The monoisotopic (exact) mass is 399 g/mol. The number of hydrogen-bond acceptors (Lipinski definition) is 9. The summed E-state index contributed by atoms with van der Waals surface area (Å²) >= 11 is 1.07. The predicted molar refractivity (Wildman–Crippen MR) is 91.5 cm³/mol. The number of nitrogens with one attached hydrogen (secondary N) is 1. The van der Waals surface area contributed by atoms with Crippen LogP contribution in [0.25, 0.3) is 0 Å². The van der Waals surface area contributed by atoms with Gasteiger partial charge in [-0.25, -0.2) is 9.29 Å². The van der Waals surface area contributed by atoms with E-state index in [2.05, 4.69) is 26.9 Å². The second kappa shape index (κ2) is 8.25. The van der Waals surface area contributed by atoms with Gasteiger partial charge in [-0.15, -0.1) is 17.9 Å². The number of rotatable bonds is 6. The third-order valence-electron chi connectivity index (χ3n) is 3.03. The molecule has 1 aliphatic rings. The summed E-state index contributed by atoms with van der Waals surface area (Å²) in [4.78, 5) is 32.6. The Morgan fingerprint density at radius 3 is 2.72 bits per heavy atom. The van der Waals surface area contributed by atoms with Crippen LogP contribution < -0.4 is 11.1 Å². The number of oxime groups is 1. The van der Waals surface area contributed by atoms with Crippen LogP contribution in [-0.2, 0) is 24.7 Å². The Morgan fingerprint density at radius 1 is 1.64 bits per heavy atom. The first kappa shape index (κ1) is 21.5. The van der Waals surface area contributed by atoms with E-state index in [9.17, 15) is 18.0 Å². The minimum atomic E-state index is -4.75. The van der Waals surface area contributed by atoms with Crippen LogP contribution in [0, 0.1) is 0 Å². The van der Waals surface area contributed by atoms with E-state index in [1.807, 2.05) is 0 Å². The molecule has 0 bridgehead atoms. The minimum absolute atomic E-state index is 0. The first-order valence-corrected chi connectivity index (χ1v) is 8.55. The standard InChI is InChI=1S/C11H13N5O6S2.Na.H/c1-3-6-8(10(18)16(6)24(19,20)21)14-9(17)7(15-22-2)5-4-23-11(12)13-5;;/h3-4,6,8H,1H2,2H3,(H2,12,13)(H,14,17)(H,19,20,21);;/t6-,8+;;/m1../s1. The molecule has 2 heterocycles. The molecule has 0 radical (unpaired) electrons. The van der Waals surface area contributed by atoms with Gasteiger partial charge in [-0.05, 0) is 0 Å². The molecule has 0 spiro atoms. The molecule has 1 aliphatic heterocycles. The number of carbonyl (C=O) groups is 2. The Bertz CT molecular complexity index is 823. The van der Waals surface area contributed by atoms with Crippen molar-refractivity contribution < 1.29 is 27.4 Å². The number of carbonyl (C=O) groups excluding carboxylic acids is 2. The van der Waals surface area contributed by atoms with Crippen molar-refractivity contribution in [2.75, 3.05) is 12.8 Å². The van der Waals surface area contributed by atoms with Crippen molar-refractivity contribution in [2.45, 2.75) is 12.1 Å². The Labute approximate surface area is 169 Å². The summed E-state index contributed by atoms with van der Waals surface area (Å²) in [5.74, 6) is -1.84. The van der Waals surface area contributed by atoms with Crippen LogP contribution in [0.1, 0.15) is 5.69 Å². The summed E-state index contributed by atoms with van der Waals surface area (Å²) in [5, 5.41) is 7.50. The van der Waals surface area contributed by atoms with Gasteiger partial charge in [-0.2, -0.15) is 8.42 Å². The molecule has 4 N–H and O–H groups in total. The van der Waals surface area contributed by atoms with E-state index in [-0.39, 0.29) is 50.4 Å². The zero-order chi connectivity index (χ0) is 18.1. The van der Waals surface area contributed by atoms with E-state index in [4.69, 9.17) is 10.3 Å². The zero-order valence-corrected chi connectivity index (χ0v) is 13.9. The van der Waals surface area contributed by atoms with Crippen LogP contribution >= 0.6 is 11.3 Å². The number of thiazole rings is 1. The van der Waals surface area contributed by atoms with Gasteiger partial charge in [0, 0.05) is 5.38 Å². The molecule has 0 unspecified atom stereocenters. The molecular weight excluding hydrogens is 385 g/mol. The van der Waals surface area contributed by atoms with E-state index in [1.165, 1.54) is 12.5 Å². The molecule has 0 aliphatic carbocycles. The molecule has 1 saturated heterocycles. The van der Waals surface area contributed by atoms with E-state index in [0.29, 0.717) is 0 Å². The van der Waals surface area contributed by atoms with Crippen LogP contribution in [0.4, 0.5) is 5.13 Å². The topological polar surface area (TPSA) is 164 Å². The molecule has 2 atom stereocenters. The fourth-order valence-corrected chi connectivity index (χ4v) is 3.44. The van der Waals surface area contributed by atoms with E-state index < -0.39 is 34.2 Å². The first-order valence-electron chi connectivity index (χ1n) is 6.27. The van der Waals surface area contributed by atoms with Gasteiger partial charge in [0.2, 0.25) is 0 Å². The molecule has 11 nitrogen and oxygen atoms in total. The first-order chi connectivity index (χ1) is 11.2. The van der Waals surface area contributed by atoms with Crippen molar-refractivity contribution in [1.29, 1.82) is 0 Å². The molecule has 0 aromatic carbocycles. The van der Waals surface area contributed by atoms with Crippen molar-refractivity contribution >= 4 is 73.9 Å².